The van der Waals surface area contributed by atoms with Crippen LogP contribution in [0.15, 0.2) is 30.5 Å². The van der Waals surface area contributed by atoms with Gasteiger partial charge in [0.1, 0.15) is 23.4 Å². The number of aliphatic hydroxyl groups is 1. The number of imidazole rings is 1. The van der Waals surface area contributed by atoms with Gasteiger partial charge in [-0.25, -0.2) is 4.98 Å². The van der Waals surface area contributed by atoms with Crippen molar-refractivity contribution in [1.29, 1.82) is 0 Å². The largest absolute Gasteiger partial charge is 0.493 e. The molecule has 0 radical (unpaired) electrons. The minimum atomic E-state index is -2.91. The Balaban J connectivity index is 1.71. The second-order valence-electron chi connectivity index (χ2n) is 6.48. The van der Waals surface area contributed by atoms with E-state index in [9.17, 15) is 13.9 Å². The maximum absolute atomic E-state index is 12.4. The molecule has 3 aromatic rings. The summed E-state index contributed by atoms with van der Waals surface area (Å²) in [6.45, 7) is 0.112. The number of hydrogen-bond acceptors (Lipinski definition) is 6. The molecule has 1 atom stereocenters. The normalized spacial score (nSPS) is 12.5. The van der Waals surface area contributed by atoms with Crippen LogP contribution in [0.1, 0.15) is 29.6 Å². The maximum Gasteiger partial charge on any atom is 0.387 e. The highest BCUT2D eigenvalue weighted by Crippen LogP contribution is 2.26. The molecular formula is C20H23F2N3O4. The number of H-pyrrole nitrogens is 1. The Kier molecular flexibility index (Phi) is 6.95. The smallest absolute Gasteiger partial charge is 0.387 e. The molecule has 2 heterocycles. The van der Waals surface area contributed by atoms with Crippen LogP contribution in [0.3, 0.4) is 0 Å². The van der Waals surface area contributed by atoms with E-state index in [1.54, 1.807) is 25.4 Å². The molecule has 7 nitrogen and oxygen atoms in total. The van der Waals surface area contributed by atoms with Crippen molar-refractivity contribution < 1.29 is 28.1 Å². The van der Waals surface area contributed by atoms with Crippen LogP contribution in [0.4, 0.5) is 8.78 Å². The lowest BCUT2D eigenvalue weighted by atomic mass is 10.1. The van der Waals surface area contributed by atoms with Gasteiger partial charge in [0.25, 0.3) is 0 Å². The van der Waals surface area contributed by atoms with Crippen molar-refractivity contribution in [1.82, 2.24) is 15.0 Å². The number of hydrogen-bond donors (Lipinski definition) is 2. The van der Waals surface area contributed by atoms with Crippen molar-refractivity contribution in [3.05, 3.63) is 47.5 Å². The SMILES string of the molecule is COCCCOc1ccnc(CC(O)c2nc3cc(OC(F)F)ccc3[nH]2)c1C. The van der Waals surface area contributed by atoms with Crippen LogP contribution in [-0.4, -0.2) is 47.0 Å². The fourth-order valence-electron chi connectivity index (χ4n) is 2.93. The lowest BCUT2D eigenvalue weighted by Gasteiger charge is -2.13. The maximum atomic E-state index is 12.4. The fraction of sp³-hybridized carbons (Fsp3) is 0.400. The van der Waals surface area contributed by atoms with Crippen molar-refractivity contribution in [3.63, 3.8) is 0 Å². The number of benzene rings is 1. The molecule has 0 saturated carbocycles. The number of aromatic amines is 1. The highest BCUT2D eigenvalue weighted by Gasteiger charge is 2.17. The summed E-state index contributed by atoms with van der Waals surface area (Å²) < 4.78 is 39.9. The van der Waals surface area contributed by atoms with E-state index in [2.05, 4.69) is 19.7 Å². The Morgan fingerprint density at radius 3 is 2.79 bits per heavy atom. The molecule has 2 aromatic heterocycles. The van der Waals surface area contributed by atoms with E-state index in [1.807, 2.05) is 6.92 Å². The van der Waals surface area contributed by atoms with E-state index in [0.29, 0.717) is 41.5 Å². The topological polar surface area (TPSA) is 89.5 Å². The third kappa shape index (κ3) is 5.39. The average molecular weight is 407 g/mol. The second-order valence-corrected chi connectivity index (χ2v) is 6.48. The van der Waals surface area contributed by atoms with E-state index < -0.39 is 12.7 Å². The summed E-state index contributed by atoms with van der Waals surface area (Å²) in [7, 11) is 1.64. The van der Waals surface area contributed by atoms with Gasteiger partial charge in [-0.15, -0.1) is 0 Å². The zero-order valence-corrected chi connectivity index (χ0v) is 16.2. The van der Waals surface area contributed by atoms with Crippen molar-refractivity contribution in [2.45, 2.75) is 32.5 Å². The van der Waals surface area contributed by atoms with Gasteiger partial charge in [0, 0.05) is 50.1 Å². The number of ether oxygens (including phenoxy) is 3. The van der Waals surface area contributed by atoms with Crippen LogP contribution in [0.5, 0.6) is 11.5 Å². The van der Waals surface area contributed by atoms with E-state index in [0.717, 1.165) is 12.0 Å². The van der Waals surface area contributed by atoms with Crippen molar-refractivity contribution in [2.24, 2.45) is 0 Å². The number of rotatable bonds is 10. The summed E-state index contributed by atoms with van der Waals surface area (Å²) in [6.07, 6.45) is 1.68. The Morgan fingerprint density at radius 2 is 2.03 bits per heavy atom. The molecule has 1 unspecified atom stereocenters. The Bertz CT molecular complexity index is 949. The fourth-order valence-corrected chi connectivity index (χ4v) is 2.93. The third-order valence-corrected chi connectivity index (χ3v) is 4.41. The quantitative estimate of drug-likeness (QED) is 0.500. The van der Waals surface area contributed by atoms with Crippen molar-refractivity contribution in [3.8, 4) is 11.5 Å². The van der Waals surface area contributed by atoms with Crippen molar-refractivity contribution in [2.75, 3.05) is 20.3 Å². The molecule has 156 valence electrons. The van der Waals surface area contributed by atoms with Gasteiger partial charge in [-0.2, -0.15) is 8.78 Å². The van der Waals surface area contributed by atoms with Gasteiger partial charge < -0.3 is 24.3 Å². The molecule has 3 rings (SSSR count). The molecule has 2 N–H and O–H groups in total. The van der Waals surface area contributed by atoms with E-state index in [1.165, 1.54) is 12.1 Å². The second kappa shape index (κ2) is 9.62. The molecule has 0 bridgehead atoms. The molecule has 29 heavy (non-hydrogen) atoms. The number of alkyl halides is 2. The number of fused-ring (bicyclic) bond motifs is 1. The van der Waals surface area contributed by atoms with E-state index in [-0.39, 0.29) is 12.2 Å². The molecular weight excluding hydrogens is 384 g/mol. The number of pyridine rings is 1. The van der Waals surface area contributed by atoms with Crippen LogP contribution in [0.2, 0.25) is 0 Å². The van der Waals surface area contributed by atoms with E-state index >= 15 is 0 Å². The number of aliphatic hydroxyl groups excluding tert-OH is 1. The zero-order chi connectivity index (χ0) is 20.8. The molecule has 0 aliphatic heterocycles. The van der Waals surface area contributed by atoms with Gasteiger partial charge in [-0.3, -0.25) is 4.98 Å². The summed E-state index contributed by atoms with van der Waals surface area (Å²) >= 11 is 0. The molecule has 0 fully saturated rings. The number of methoxy groups -OCH3 is 1. The molecule has 9 heteroatoms. The summed E-state index contributed by atoms with van der Waals surface area (Å²) in [4.78, 5) is 11.6. The summed E-state index contributed by atoms with van der Waals surface area (Å²) in [5.41, 5.74) is 2.56. The Morgan fingerprint density at radius 1 is 1.21 bits per heavy atom. The number of aromatic nitrogens is 3. The minimum Gasteiger partial charge on any atom is -0.493 e. The predicted molar refractivity (Wildman–Crippen MR) is 102 cm³/mol. The van der Waals surface area contributed by atoms with Gasteiger partial charge in [0.15, 0.2) is 0 Å². The van der Waals surface area contributed by atoms with Crippen LogP contribution in [-0.2, 0) is 11.2 Å². The standard InChI is InChI=1S/C20H23F2N3O4/c1-12-15(23-7-6-18(12)28-9-3-8-27-2)11-17(26)19-24-14-5-4-13(29-20(21)22)10-16(14)25-19/h4-7,10,17,20,26H,3,8-9,11H2,1-2H3,(H,24,25). The Labute approximate surface area is 166 Å². The van der Waals surface area contributed by atoms with Crippen LogP contribution >= 0.6 is 0 Å². The van der Waals surface area contributed by atoms with Gasteiger partial charge in [-0.1, -0.05) is 0 Å². The summed E-state index contributed by atoms with van der Waals surface area (Å²) in [5.74, 6) is 1.04. The predicted octanol–water partition coefficient (Wildman–Crippen LogP) is 3.56. The first-order valence-electron chi connectivity index (χ1n) is 9.16. The van der Waals surface area contributed by atoms with Crippen LogP contribution < -0.4 is 9.47 Å². The molecule has 0 aliphatic rings. The first kappa shape index (κ1) is 20.9. The lowest BCUT2D eigenvalue weighted by Crippen LogP contribution is -2.09. The molecule has 0 saturated heterocycles. The minimum absolute atomic E-state index is 0.0101. The highest BCUT2D eigenvalue weighted by molar-refractivity contribution is 5.76. The lowest BCUT2D eigenvalue weighted by molar-refractivity contribution is -0.0497. The van der Waals surface area contributed by atoms with Gasteiger partial charge >= 0.3 is 6.61 Å². The Hall–Kier alpha value is -2.78. The van der Waals surface area contributed by atoms with Crippen molar-refractivity contribution >= 4 is 11.0 Å². The average Bonchev–Trinajstić information content (AvgIpc) is 3.11. The van der Waals surface area contributed by atoms with Gasteiger partial charge in [0.05, 0.1) is 17.6 Å². The summed E-state index contributed by atoms with van der Waals surface area (Å²) in [6, 6.07) is 6.17. The monoisotopic (exact) mass is 407 g/mol. The van der Waals surface area contributed by atoms with Gasteiger partial charge in [-0.05, 0) is 25.1 Å². The van der Waals surface area contributed by atoms with E-state index in [4.69, 9.17) is 9.47 Å². The van der Waals surface area contributed by atoms with Crippen LogP contribution in [0.25, 0.3) is 11.0 Å². The highest BCUT2D eigenvalue weighted by atomic mass is 19.3. The first-order chi connectivity index (χ1) is 14.0. The zero-order valence-electron chi connectivity index (χ0n) is 16.2. The number of nitrogens with zero attached hydrogens (tertiary/aromatic N) is 2. The third-order valence-electron chi connectivity index (χ3n) is 4.41. The molecule has 1 aromatic carbocycles. The van der Waals surface area contributed by atoms with Gasteiger partial charge in [0.2, 0.25) is 0 Å². The first-order valence-corrected chi connectivity index (χ1v) is 9.16. The number of nitrogens with one attached hydrogen (secondary N) is 1. The molecule has 0 spiro atoms. The number of halogens is 2. The molecule has 0 aliphatic carbocycles. The van der Waals surface area contributed by atoms with Crippen LogP contribution in [0, 0.1) is 6.92 Å². The summed E-state index contributed by atoms with van der Waals surface area (Å²) in [5, 5.41) is 10.6. The molecule has 0 amide bonds.